The van der Waals surface area contributed by atoms with Gasteiger partial charge in [0.2, 0.25) is 5.89 Å². The van der Waals surface area contributed by atoms with Gasteiger partial charge in [-0.25, -0.2) is 0 Å². The van der Waals surface area contributed by atoms with E-state index in [2.05, 4.69) is 15.5 Å². The van der Waals surface area contributed by atoms with Gasteiger partial charge in [0.15, 0.2) is 0 Å². The molecule has 0 saturated heterocycles. The molecule has 1 aromatic heterocycles. The second-order valence-corrected chi connectivity index (χ2v) is 5.47. The molecule has 8 nitrogen and oxygen atoms in total. The van der Waals surface area contributed by atoms with Crippen molar-refractivity contribution in [2.24, 2.45) is 0 Å². The first-order valence-electron chi connectivity index (χ1n) is 7.41. The number of aromatic nitrogens is 2. The number of carbonyl (C=O) groups is 1. The Balaban J connectivity index is 1.75. The fourth-order valence-corrected chi connectivity index (χ4v) is 2.17. The van der Waals surface area contributed by atoms with E-state index in [4.69, 9.17) is 4.42 Å². The predicted octanol–water partition coefficient (Wildman–Crippen LogP) is 3.51. The van der Waals surface area contributed by atoms with Crippen LogP contribution in [0.1, 0.15) is 21.5 Å². The maximum Gasteiger partial charge on any atom is 0.322 e. The van der Waals surface area contributed by atoms with Crippen molar-refractivity contribution < 1.29 is 14.1 Å². The SMILES string of the molecule is Cc1ccc(-c2nnc(NC(=O)c3ccc([N+](=O)[O-])cc3)o2)cc1C. The topological polar surface area (TPSA) is 111 Å². The Labute approximate surface area is 142 Å². The lowest BCUT2D eigenvalue weighted by Gasteiger charge is -2.01. The Morgan fingerprint density at radius 2 is 1.80 bits per heavy atom. The van der Waals surface area contributed by atoms with Crippen molar-refractivity contribution in [1.29, 1.82) is 0 Å². The van der Waals surface area contributed by atoms with E-state index in [9.17, 15) is 14.9 Å². The van der Waals surface area contributed by atoms with Crippen LogP contribution in [0.15, 0.2) is 46.9 Å². The van der Waals surface area contributed by atoms with Gasteiger partial charge in [-0.15, -0.1) is 5.10 Å². The molecule has 3 aromatic rings. The summed E-state index contributed by atoms with van der Waals surface area (Å²) in [6.07, 6.45) is 0. The molecule has 1 N–H and O–H groups in total. The number of non-ortho nitro benzene ring substituents is 1. The molecule has 0 atom stereocenters. The minimum Gasteiger partial charge on any atom is -0.403 e. The number of nitro benzene ring substituents is 1. The van der Waals surface area contributed by atoms with Crippen molar-refractivity contribution >= 4 is 17.6 Å². The number of hydrogen-bond donors (Lipinski definition) is 1. The molecule has 0 spiro atoms. The van der Waals surface area contributed by atoms with Crippen molar-refractivity contribution in [2.75, 3.05) is 5.32 Å². The maximum atomic E-state index is 12.1. The second kappa shape index (κ2) is 6.52. The summed E-state index contributed by atoms with van der Waals surface area (Å²) < 4.78 is 5.46. The molecule has 8 heteroatoms. The van der Waals surface area contributed by atoms with E-state index in [1.807, 2.05) is 32.0 Å². The lowest BCUT2D eigenvalue weighted by Crippen LogP contribution is -2.12. The van der Waals surface area contributed by atoms with Gasteiger partial charge in [0.1, 0.15) is 0 Å². The van der Waals surface area contributed by atoms with Crippen LogP contribution in [0.2, 0.25) is 0 Å². The lowest BCUT2D eigenvalue weighted by molar-refractivity contribution is -0.384. The summed E-state index contributed by atoms with van der Waals surface area (Å²) in [7, 11) is 0. The van der Waals surface area contributed by atoms with Crippen LogP contribution in [-0.4, -0.2) is 21.0 Å². The van der Waals surface area contributed by atoms with Gasteiger partial charge in [0, 0.05) is 23.3 Å². The van der Waals surface area contributed by atoms with E-state index in [1.54, 1.807) is 0 Å². The van der Waals surface area contributed by atoms with Crippen molar-refractivity contribution in [2.45, 2.75) is 13.8 Å². The molecule has 0 aliphatic rings. The van der Waals surface area contributed by atoms with Gasteiger partial charge in [-0.3, -0.25) is 20.2 Å². The molecular weight excluding hydrogens is 324 g/mol. The van der Waals surface area contributed by atoms with E-state index in [-0.39, 0.29) is 17.3 Å². The Kier molecular flexibility index (Phi) is 4.25. The maximum absolute atomic E-state index is 12.1. The molecular formula is C17H14N4O4. The zero-order chi connectivity index (χ0) is 18.0. The third-order valence-corrected chi connectivity index (χ3v) is 3.74. The highest BCUT2D eigenvalue weighted by Gasteiger charge is 2.14. The molecule has 0 radical (unpaired) electrons. The van der Waals surface area contributed by atoms with Crippen LogP contribution in [0, 0.1) is 24.0 Å². The fourth-order valence-electron chi connectivity index (χ4n) is 2.17. The number of rotatable bonds is 4. The first-order chi connectivity index (χ1) is 11.9. The molecule has 1 heterocycles. The summed E-state index contributed by atoms with van der Waals surface area (Å²) in [6.45, 7) is 3.98. The summed E-state index contributed by atoms with van der Waals surface area (Å²) in [5.41, 5.74) is 3.15. The summed E-state index contributed by atoms with van der Waals surface area (Å²) in [6, 6.07) is 10.9. The minimum atomic E-state index is -0.532. The van der Waals surface area contributed by atoms with E-state index in [0.29, 0.717) is 5.89 Å². The third-order valence-electron chi connectivity index (χ3n) is 3.74. The Morgan fingerprint density at radius 3 is 2.44 bits per heavy atom. The standard InChI is InChI=1S/C17H14N4O4/c1-10-3-4-13(9-11(10)2)16-19-20-17(25-16)18-15(22)12-5-7-14(8-6-12)21(23)24/h3-9H,1-2H3,(H,18,20,22). The van der Waals surface area contributed by atoms with E-state index in [1.165, 1.54) is 24.3 Å². The molecule has 0 aliphatic carbocycles. The van der Waals surface area contributed by atoms with Crippen LogP contribution in [0.4, 0.5) is 11.7 Å². The number of carbonyl (C=O) groups excluding carboxylic acids is 1. The van der Waals surface area contributed by atoms with E-state index in [0.717, 1.165) is 16.7 Å². The zero-order valence-corrected chi connectivity index (χ0v) is 13.5. The molecule has 126 valence electrons. The number of nitro groups is 1. The molecule has 0 fully saturated rings. The normalized spacial score (nSPS) is 10.5. The Bertz CT molecular complexity index is 948. The monoisotopic (exact) mass is 338 g/mol. The third kappa shape index (κ3) is 3.52. The smallest absolute Gasteiger partial charge is 0.322 e. The summed E-state index contributed by atoms with van der Waals surface area (Å²) >= 11 is 0. The summed E-state index contributed by atoms with van der Waals surface area (Å²) in [5.74, 6) is -0.202. The molecule has 3 rings (SSSR count). The fraction of sp³-hybridized carbons (Fsp3) is 0.118. The van der Waals surface area contributed by atoms with Gasteiger partial charge in [-0.2, -0.15) is 0 Å². The van der Waals surface area contributed by atoms with Gasteiger partial charge in [-0.05, 0) is 49.2 Å². The minimum absolute atomic E-state index is 0.0448. The molecule has 0 aliphatic heterocycles. The van der Waals surface area contributed by atoms with E-state index < -0.39 is 10.8 Å². The van der Waals surface area contributed by atoms with E-state index >= 15 is 0 Å². The highest BCUT2D eigenvalue weighted by Crippen LogP contribution is 2.22. The predicted molar refractivity (Wildman–Crippen MR) is 90.3 cm³/mol. The van der Waals surface area contributed by atoms with Crippen LogP contribution < -0.4 is 5.32 Å². The van der Waals surface area contributed by atoms with Crippen LogP contribution in [0.5, 0.6) is 0 Å². The quantitative estimate of drug-likeness (QED) is 0.575. The summed E-state index contributed by atoms with van der Waals surface area (Å²) in [4.78, 5) is 22.2. The van der Waals surface area contributed by atoms with Gasteiger partial charge < -0.3 is 4.42 Å². The summed E-state index contributed by atoms with van der Waals surface area (Å²) in [5, 5.41) is 20.8. The van der Waals surface area contributed by atoms with Gasteiger partial charge >= 0.3 is 6.01 Å². The van der Waals surface area contributed by atoms with Crippen LogP contribution >= 0.6 is 0 Å². The first-order valence-corrected chi connectivity index (χ1v) is 7.41. The number of aryl methyl sites for hydroxylation is 2. The average Bonchev–Trinajstić information content (AvgIpc) is 3.06. The largest absolute Gasteiger partial charge is 0.403 e. The molecule has 0 unspecified atom stereocenters. The number of nitrogens with one attached hydrogen (secondary N) is 1. The van der Waals surface area contributed by atoms with Crippen molar-refractivity contribution in [3.8, 4) is 11.5 Å². The van der Waals surface area contributed by atoms with Gasteiger partial charge in [0.05, 0.1) is 4.92 Å². The number of hydrogen-bond acceptors (Lipinski definition) is 6. The van der Waals surface area contributed by atoms with Gasteiger partial charge in [0.25, 0.3) is 11.6 Å². The molecule has 1 amide bonds. The van der Waals surface area contributed by atoms with Crippen molar-refractivity contribution in [3.63, 3.8) is 0 Å². The number of nitrogens with zero attached hydrogens (tertiary/aromatic N) is 3. The average molecular weight is 338 g/mol. The zero-order valence-electron chi connectivity index (χ0n) is 13.5. The van der Waals surface area contributed by atoms with Gasteiger partial charge in [-0.1, -0.05) is 11.2 Å². The Hall–Kier alpha value is -3.55. The van der Waals surface area contributed by atoms with Crippen molar-refractivity contribution in [1.82, 2.24) is 10.2 Å². The lowest BCUT2D eigenvalue weighted by atomic mass is 10.1. The number of anilines is 1. The molecule has 0 saturated carbocycles. The number of benzene rings is 2. The van der Waals surface area contributed by atoms with Crippen molar-refractivity contribution in [3.05, 3.63) is 69.3 Å². The molecule has 2 aromatic carbocycles. The highest BCUT2D eigenvalue weighted by molar-refractivity contribution is 6.03. The second-order valence-electron chi connectivity index (χ2n) is 5.47. The number of amides is 1. The van der Waals surface area contributed by atoms with Crippen LogP contribution in [0.3, 0.4) is 0 Å². The Morgan fingerprint density at radius 1 is 1.08 bits per heavy atom. The van der Waals surface area contributed by atoms with Crippen LogP contribution in [-0.2, 0) is 0 Å². The van der Waals surface area contributed by atoms with Crippen LogP contribution in [0.25, 0.3) is 11.5 Å². The first kappa shape index (κ1) is 16.3. The highest BCUT2D eigenvalue weighted by atomic mass is 16.6. The molecule has 0 bridgehead atoms. The molecule has 25 heavy (non-hydrogen) atoms.